The van der Waals surface area contributed by atoms with Crippen LogP contribution in [-0.4, -0.2) is 158 Å². The van der Waals surface area contributed by atoms with Crippen LogP contribution in [0.3, 0.4) is 0 Å². The maximum atomic E-state index is 13.6. The largest absolute Gasteiger partial charge is 0.462 e. The molecule has 0 spiro atoms. The van der Waals surface area contributed by atoms with Gasteiger partial charge in [0.05, 0.1) is 49.7 Å². The summed E-state index contributed by atoms with van der Waals surface area (Å²) in [5, 5.41) is 33.0. The van der Waals surface area contributed by atoms with E-state index in [1.54, 1.807) is 33.8 Å². The van der Waals surface area contributed by atoms with E-state index in [0.29, 0.717) is 12.8 Å². The van der Waals surface area contributed by atoms with Crippen LogP contribution in [0.25, 0.3) is 0 Å². The smallest absolute Gasteiger partial charge is 0.308 e. The molecule has 0 aromatic heterocycles. The van der Waals surface area contributed by atoms with Gasteiger partial charge in [-0.3, -0.25) is 9.59 Å². The summed E-state index contributed by atoms with van der Waals surface area (Å²) in [7, 11) is 6.68. The molecule has 0 bridgehead atoms. The Morgan fingerprint density at radius 3 is 2.24 bits per heavy atom. The molecule has 15 nitrogen and oxygen atoms in total. The predicted octanol–water partition coefficient (Wildman–Crippen LogP) is 1.80. The molecule has 0 aromatic carbocycles. The Balaban J connectivity index is 1.62. The van der Waals surface area contributed by atoms with E-state index in [1.807, 2.05) is 32.8 Å². The zero-order valence-electron chi connectivity index (χ0n) is 33.6. The molecule has 0 amide bonds. The van der Waals surface area contributed by atoms with Crippen molar-refractivity contribution in [1.82, 2.24) is 4.90 Å². The molecule has 15 heteroatoms. The first-order valence-electron chi connectivity index (χ1n) is 19.4. The first kappa shape index (κ1) is 44.8. The minimum atomic E-state index is -1.24. The molecule has 3 saturated heterocycles. The Labute approximate surface area is 319 Å². The minimum absolute atomic E-state index is 0.0126. The lowest BCUT2D eigenvalue weighted by Gasteiger charge is -2.44. The van der Waals surface area contributed by atoms with Crippen LogP contribution in [0.15, 0.2) is 12.2 Å². The van der Waals surface area contributed by atoms with E-state index in [9.17, 15) is 29.7 Å². The number of nitrogens with zero attached hydrogens (tertiary/aromatic N) is 1. The van der Waals surface area contributed by atoms with Gasteiger partial charge in [0.25, 0.3) is 0 Å². The van der Waals surface area contributed by atoms with Crippen LogP contribution in [0.5, 0.6) is 0 Å². The third kappa shape index (κ3) is 10.5. The number of hydrogen-bond donors (Lipinski definition) is 3. The molecule has 0 saturated carbocycles. The molecule has 0 aliphatic carbocycles. The average Bonchev–Trinajstić information content (AvgIpc) is 3.80. The Morgan fingerprint density at radius 2 is 1.63 bits per heavy atom. The molecule has 0 aromatic rings. The van der Waals surface area contributed by atoms with Crippen LogP contribution in [-0.2, 0) is 52.3 Å². The van der Waals surface area contributed by atoms with E-state index in [4.69, 9.17) is 37.9 Å². The average molecular weight is 772 g/mol. The number of allylic oxidation sites excluding steroid dienone is 1. The van der Waals surface area contributed by atoms with Crippen molar-refractivity contribution in [2.75, 3.05) is 34.9 Å². The molecular weight excluding hydrogens is 706 g/mol. The number of carbonyl (C=O) groups is 3. The normalized spacial score (nSPS) is 46.1. The van der Waals surface area contributed by atoms with Crippen molar-refractivity contribution >= 4 is 18.0 Å². The molecule has 0 radical (unpaired) electrons. The zero-order chi connectivity index (χ0) is 40.1. The number of likely N-dealkylation sites (N-methyl/N-ethyl adjacent to an activating group) is 1. The maximum Gasteiger partial charge on any atom is 0.308 e. The van der Waals surface area contributed by atoms with Gasteiger partial charge in [0.2, 0.25) is 0 Å². The van der Waals surface area contributed by atoms with Gasteiger partial charge in [-0.2, -0.15) is 0 Å². The van der Waals surface area contributed by atoms with Crippen LogP contribution in [0.1, 0.15) is 73.6 Å². The first-order valence-corrected chi connectivity index (χ1v) is 19.4. The van der Waals surface area contributed by atoms with Crippen molar-refractivity contribution in [3.8, 4) is 0 Å². The van der Waals surface area contributed by atoms with Crippen LogP contribution < -0.4 is 0 Å². The summed E-state index contributed by atoms with van der Waals surface area (Å²) in [6.07, 6.45) is -4.59. The summed E-state index contributed by atoms with van der Waals surface area (Å²) in [6.45, 7) is 10.7. The van der Waals surface area contributed by atoms with Gasteiger partial charge in [-0.05, 0) is 65.8 Å². The van der Waals surface area contributed by atoms with Crippen LogP contribution in [0.2, 0.25) is 0 Å². The van der Waals surface area contributed by atoms with E-state index in [0.717, 1.165) is 6.29 Å². The quantitative estimate of drug-likeness (QED) is 0.156. The highest BCUT2D eigenvalue weighted by Gasteiger charge is 2.57. The highest BCUT2D eigenvalue weighted by Crippen LogP contribution is 2.45. The summed E-state index contributed by atoms with van der Waals surface area (Å²) in [4.78, 5) is 41.2. The lowest BCUT2D eigenvalue weighted by molar-refractivity contribution is -0.305. The Bertz CT molecular complexity index is 1270. The minimum Gasteiger partial charge on any atom is -0.462 e. The third-order valence-electron chi connectivity index (χ3n) is 11.9. The Kier molecular flexibility index (Phi) is 16.2. The summed E-state index contributed by atoms with van der Waals surface area (Å²) in [5.41, 5.74) is -0.878. The molecule has 4 rings (SSSR count). The third-order valence-corrected chi connectivity index (χ3v) is 11.9. The zero-order valence-corrected chi connectivity index (χ0v) is 33.6. The number of ether oxygens (including phenoxy) is 8. The Hall–Kier alpha value is -1.89. The second-order valence-corrected chi connectivity index (χ2v) is 16.1. The monoisotopic (exact) mass is 771 g/mol. The highest BCUT2D eigenvalue weighted by molar-refractivity contribution is 5.91. The second-order valence-electron chi connectivity index (χ2n) is 16.1. The number of fused-ring (bicyclic) bond motifs is 1. The Morgan fingerprint density at radius 1 is 0.963 bits per heavy atom. The van der Waals surface area contributed by atoms with E-state index in [-0.39, 0.29) is 37.7 Å². The summed E-state index contributed by atoms with van der Waals surface area (Å²) in [5.74, 6) is -3.04. The topological polar surface area (TPSA) is 192 Å². The fourth-order valence-electron chi connectivity index (χ4n) is 8.33. The number of aliphatic hydroxyl groups excluding tert-OH is 3. The van der Waals surface area contributed by atoms with E-state index >= 15 is 0 Å². The van der Waals surface area contributed by atoms with Crippen molar-refractivity contribution in [3.05, 3.63) is 12.2 Å². The number of aldehydes is 1. The van der Waals surface area contributed by atoms with Gasteiger partial charge in [-0.1, -0.05) is 20.8 Å². The summed E-state index contributed by atoms with van der Waals surface area (Å²) < 4.78 is 48.4. The molecule has 310 valence electrons. The van der Waals surface area contributed by atoms with Crippen molar-refractivity contribution in [3.63, 3.8) is 0 Å². The molecule has 4 heterocycles. The molecule has 4 aliphatic rings. The molecule has 4 aliphatic heterocycles. The molecule has 3 N–H and O–H groups in total. The summed E-state index contributed by atoms with van der Waals surface area (Å²) >= 11 is 0. The number of ketones is 1. The van der Waals surface area contributed by atoms with Gasteiger partial charge in [-0.15, -0.1) is 0 Å². The number of esters is 1. The molecule has 3 fully saturated rings. The van der Waals surface area contributed by atoms with Gasteiger partial charge >= 0.3 is 5.97 Å². The van der Waals surface area contributed by atoms with Crippen LogP contribution in [0, 0.1) is 23.7 Å². The predicted molar refractivity (Wildman–Crippen MR) is 194 cm³/mol. The number of methoxy groups -OCH3 is 2. The number of carbonyl (C=O) groups excluding carboxylic acids is 3. The van der Waals surface area contributed by atoms with Gasteiger partial charge in [0, 0.05) is 50.9 Å². The molecular formula is C39H65NO14. The number of cyclic esters (lactones) is 1. The van der Waals surface area contributed by atoms with Gasteiger partial charge in [0.1, 0.15) is 36.3 Å². The fourth-order valence-corrected chi connectivity index (χ4v) is 8.33. The number of hydrogen-bond acceptors (Lipinski definition) is 15. The SMILES string of the molecule is CCC1OC(=O)CC(O)C(C)C(OC2CC(N(C)C)C(O)C(C)O2)C(CC=O)CC(C)C(=O)/C=C/C2(C)OC2C1COC1OC(C)C(O)C(OC)C1OC. The lowest BCUT2D eigenvalue weighted by Crippen LogP contribution is -2.59. The maximum absolute atomic E-state index is 13.6. The fraction of sp³-hybridized carbons (Fsp3) is 0.872. The van der Waals surface area contributed by atoms with Crippen molar-refractivity contribution in [2.45, 2.75) is 159 Å². The molecule has 18 unspecified atom stereocenters. The molecule has 18 atom stereocenters. The lowest BCUT2D eigenvalue weighted by atomic mass is 9.79. The van der Waals surface area contributed by atoms with E-state index < -0.39 is 109 Å². The first-order chi connectivity index (χ1) is 25.5. The van der Waals surface area contributed by atoms with Crippen molar-refractivity contribution in [2.24, 2.45) is 23.7 Å². The number of epoxide rings is 1. The number of rotatable bonds is 11. The second kappa shape index (κ2) is 19.5. The van der Waals surface area contributed by atoms with Crippen molar-refractivity contribution < 1.29 is 67.6 Å². The number of aliphatic hydroxyl groups is 3. The van der Waals surface area contributed by atoms with Crippen LogP contribution >= 0.6 is 0 Å². The standard InChI is InChI=1S/C39H65NO14/c1-11-29-25(19-49-38-36(48-10)35(47-9)33(46)23(5)51-38)37-39(6,54-37)14-12-27(42)20(2)16-24(13-15-41)34(21(3)28(43)18-30(44)52-29)53-31-17-26(40(7)8)32(45)22(4)50-31/h12,14-15,20-26,28-29,31-38,43,45-46H,11,13,16-19H2,1-10H3/b14-12+. The van der Waals surface area contributed by atoms with Gasteiger partial charge < -0.3 is 62.9 Å². The van der Waals surface area contributed by atoms with Crippen molar-refractivity contribution in [1.29, 1.82) is 0 Å². The van der Waals surface area contributed by atoms with Gasteiger partial charge in [-0.25, -0.2) is 0 Å². The highest BCUT2D eigenvalue weighted by atomic mass is 16.7. The van der Waals surface area contributed by atoms with E-state index in [2.05, 4.69) is 0 Å². The summed E-state index contributed by atoms with van der Waals surface area (Å²) in [6, 6.07) is -0.269. The van der Waals surface area contributed by atoms with Crippen LogP contribution in [0.4, 0.5) is 0 Å². The molecule has 54 heavy (non-hydrogen) atoms. The van der Waals surface area contributed by atoms with E-state index in [1.165, 1.54) is 20.3 Å². The van der Waals surface area contributed by atoms with Gasteiger partial charge in [0.15, 0.2) is 18.4 Å².